The first-order valence-corrected chi connectivity index (χ1v) is 8.75. The second kappa shape index (κ2) is 9.25. The SMILES string of the molecule is COC(=O)c1ccc(Cl)c(NCC(=O)N(Cc2ccccc2)C(C)C)c1. The Labute approximate surface area is 158 Å². The van der Waals surface area contributed by atoms with Gasteiger partial charge in [-0.2, -0.15) is 0 Å². The van der Waals surface area contributed by atoms with Crippen molar-refractivity contribution < 1.29 is 14.3 Å². The number of hydrogen-bond acceptors (Lipinski definition) is 4. The molecule has 2 aromatic rings. The van der Waals surface area contributed by atoms with E-state index >= 15 is 0 Å². The lowest BCUT2D eigenvalue weighted by Crippen LogP contribution is -2.39. The highest BCUT2D eigenvalue weighted by atomic mass is 35.5. The molecule has 6 heteroatoms. The Hall–Kier alpha value is -2.53. The molecule has 0 saturated heterocycles. The van der Waals surface area contributed by atoms with Crippen molar-refractivity contribution in [3.8, 4) is 0 Å². The van der Waals surface area contributed by atoms with E-state index in [4.69, 9.17) is 16.3 Å². The van der Waals surface area contributed by atoms with Crippen LogP contribution in [-0.2, 0) is 16.1 Å². The van der Waals surface area contributed by atoms with Crippen molar-refractivity contribution in [3.63, 3.8) is 0 Å². The summed E-state index contributed by atoms with van der Waals surface area (Å²) in [7, 11) is 1.32. The lowest BCUT2D eigenvalue weighted by Gasteiger charge is -2.27. The summed E-state index contributed by atoms with van der Waals surface area (Å²) in [5.41, 5.74) is 1.96. The summed E-state index contributed by atoms with van der Waals surface area (Å²) in [4.78, 5) is 26.1. The van der Waals surface area contributed by atoms with E-state index in [2.05, 4.69) is 5.32 Å². The van der Waals surface area contributed by atoms with Gasteiger partial charge >= 0.3 is 5.97 Å². The van der Waals surface area contributed by atoms with E-state index in [1.54, 1.807) is 23.1 Å². The van der Waals surface area contributed by atoms with Gasteiger partial charge in [0.05, 0.1) is 29.9 Å². The fourth-order valence-electron chi connectivity index (χ4n) is 2.52. The third kappa shape index (κ3) is 5.23. The molecule has 0 atom stereocenters. The molecular weight excluding hydrogens is 352 g/mol. The summed E-state index contributed by atoms with van der Waals surface area (Å²) in [6, 6.07) is 14.7. The van der Waals surface area contributed by atoms with Gasteiger partial charge in [0.25, 0.3) is 0 Å². The lowest BCUT2D eigenvalue weighted by atomic mass is 10.2. The minimum Gasteiger partial charge on any atom is -0.465 e. The maximum Gasteiger partial charge on any atom is 0.337 e. The van der Waals surface area contributed by atoms with E-state index < -0.39 is 5.97 Å². The summed E-state index contributed by atoms with van der Waals surface area (Å²) in [6.07, 6.45) is 0. The highest BCUT2D eigenvalue weighted by molar-refractivity contribution is 6.33. The smallest absolute Gasteiger partial charge is 0.337 e. The lowest BCUT2D eigenvalue weighted by molar-refractivity contribution is -0.131. The Kier molecular flexibility index (Phi) is 7.04. The summed E-state index contributed by atoms with van der Waals surface area (Å²) < 4.78 is 4.71. The number of anilines is 1. The topological polar surface area (TPSA) is 58.6 Å². The second-order valence-corrected chi connectivity index (χ2v) is 6.55. The van der Waals surface area contributed by atoms with Gasteiger partial charge in [-0.15, -0.1) is 0 Å². The van der Waals surface area contributed by atoms with Gasteiger partial charge in [-0.3, -0.25) is 4.79 Å². The number of nitrogens with one attached hydrogen (secondary N) is 1. The molecule has 2 aromatic carbocycles. The maximum absolute atomic E-state index is 12.7. The number of nitrogens with zero attached hydrogens (tertiary/aromatic N) is 1. The minimum atomic E-state index is -0.455. The van der Waals surface area contributed by atoms with Crippen molar-refractivity contribution in [2.24, 2.45) is 0 Å². The molecular formula is C20H23ClN2O3. The van der Waals surface area contributed by atoms with Crippen LogP contribution in [0.4, 0.5) is 5.69 Å². The maximum atomic E-state index is 12.7. The first kappa shape index (κ1) is 19.8. The molecule has 0 radical (unpaired) electrons. The summed E-state index contributed by atoms with van der Waals surface area (Å²) in [6.45, 7) is 4.57. The van der Waals surface area contributed by atoms with Crippen LogP contribution in [0, 0.1) is 0 Å². The van der Waals surface area contributed by atoms with E-state index in [9.17, 15) is 9.59 Å². The summed E-state index contributed by atoms with van der Waals surface area (Å²) in [5, 5.41) is 3.46. The molecule has 1 amide bonds. The van der Waals surface area contributed by atoms with Crippen LogP contribution >= 0.6 is 11.6 Å². The number of carbonyl (C=O) groups excluding carboxylic acids is 2. The van der Waals surface area contributed by atoms with Gasteiger partial charge in [0, 0.05) is 12.6 Å². The zero-order valence-corrected chi connectivity index (χ0v) is 15.9. The number of halogens is 1. The average molecular weight is 375 g/mol. The predicted octanol–water partition coefficient (Wildman–Crippen LogP) is 3.98. The molecule has 138 valence electrons. The normalized spacial score (nSPS) is 10.5. The summed E-state index contributed by atoms with van der Waals surface area (Å²) in [5.74, 6) is -0.507. The zero-order chi connectivity index (χ0) is 19.1. The largest absolute Gasteiger partial charge is 0.465 e. The van der Waals surface area contributed by atoms with Gasteiger partial charge in [-0.05, 0) is 37.6 Å². The third-order valence-electron chi connectivity index (χ3n) is 3.96. The van der Waals surface area contributed by atoms with E-state index in [1.165, 1.54) is 7.11 Å². The van der Waals surface area contributed by atoms with Crippen LogP contribution in [0.25, 0.3) is 0 Å². The fraction of sp³-hybridized carbons (Fsp3) is 0.300. The van der Waals surface area contributed by atoms with E-state index in [-0.39, 0.29) is 18.5 Å². The molecule has 26 heavy (non-hydrogen) atoms. The fourth-order valence-corrected chi connectivity index (χ4v) is 2.70. The van der Waals surface area contributed by atoms with Crippen LogP contribution in [0.2, 0.25) is 5.02 Å². The molecule has 2 rings (SSSR count). The number of rotatable bonds is 7. The van der Waals surface area contributed by atoms with Crippen LogP contribution in [0.5, 0.6) is 0 Å². The average Bonchev–Trinajstić information content (AvgIpc) is 2.65. The number of benzene rings is 2. The Morgan fingerprint density at radius 3 is 2.46 bits per heavy atom. The minimum absolute atomic E-state index is 0.0524. The van der Waals surface area contributed by atoms with Crippen molar-refractivity contribution in [1.82, 2.24) is 4.90 Å². The zero-order valence-electron chi connectivity index (χ0n) is 15.2. The first-order chi connectivity index (χ1) is 12.4. The number of carbonyl (C=O) groups is 2. The molecule has 0 unspecified atom stereocenters. The number of methoxy groups -OCH3 is 1. The molecule has 0 aliphatic heterocycles. The van der Waals surface area contributed by atoms with Crippen molar-refractivity contribution in [3.05, 3.63) is 64.7 Å². The third-order valence-corrected chi connectivity index (χ3v) is 4.29. The molecule has 0 aliphatic rings. The van der Waals surface area contributed by atoms with E-state index in [1.807, 2.05) is 44.2 Å². The Morgan fingerprint density at radius 1 is 1.15 bits per heavy atom. The van der Waals surface area contributed by atoms with Crippen molar-refractivity contribution in [2.75, 3.05) is 19.0 Å². The Balaban J connectivity index is 2.07. The highest BCUT2D eigenvalue weighted by Gasteiger charge is 2.18. The Bertz CT molecular complexity index is 763. The Morgan fingerprint density at radius 2 is 1.85 bits per heavy atom. The van der Waals surface area contributed by atoms with Gasteiger partial charge in [-0.1, -0.05) is 41.9 Å². The molecule has 5 nitrogen and oxygen atoms in total. The van der Waals surface area contributed by atoms with Crippen molar-refractivity contribution in [1.29, 1.82) is 0 Å². The monoisotopic (exact) mass is 374 g/mol. The van der Waals surface area contributed by atoms with Gasteiger partial charge in [-0.25, -0.2) is 4.79 Å². The van der Waals surface area contributed by atoms with Gasteiger partial charge in [0.1, 0.15) is 0 Å². The molecule has 0 spiro atoms. The van der Waals surface area contributed by atoms with Crippen LogP contribution in [0.3, 0.4) is 0 Å². The number of amides is 1. The molecule has 0 aliphatic carbocycles. The first-order valence-electron chi connectivity index (χ1n) is 8.37. The molecule has 0 heterocycles. The van der Waals surface area contributed by atoms with Crippen molar-refractivity contribution >= 4 is 29.2 Å². The number of ether oxygens (including phenoxy) is 1. The van der Waals surface area contributed by atoms with Crippen LogP contribution < -0.4 is 5.32 Å². The number of esters is 1. The van der Waals surface area contributed by atoms with E-state index in [0.29, 0.717) is 22.8 Å². The van der Waals surface area contributed by atoms with Crippen molar-refractivity contribution in [2.45, 2.75) is 26.4 Å². The quantitative estimate of drug-likeness (QED) is 0.745. The molecule has 0 fully saturated rings. The van der Waals surface area contributed by atoms with Crippen LogP contribution in [0.1, 0.15) is 29.8 Å². The molecule has 0 saturated carbocycles. The van der Waals surface area contributed by atoms with E-state index in [0.717, 1.165) is 5.56 Å². The summed E-state index contributed by atoms with van der Waals surface area (Å²) >= 11 is 6.16. The predicted molar refractivity (Wildman–Crippen MR) is 103 cm³/mol. The highest BCUT2D eigenvalue weighted by Crippen LogP contribution is 2.23. The van der Waals surface area contributed by atoms with Gasteiger partial charge in [0.2, 0.25) is 5.91 Å². The van der Waals surface area contributed by atoms with Crippen LogP contribution in [0.15, 0.2) is 48.5 Å². The molecule has 0 bridgehead atoms. The second-order valence-electron chi connectivity index (χ2n) is 6.14. The van der Waals surface area contributed by atoms with Crippen LogP contribution in [-0.4, -0.2) is 36.5 Å². The van der Waals surface area contributed by atoms with Gasteiger partial charge in [0.15, 0.2) is 0 Å². The molecule has 0 aromatic heterocycles. The van der Waals surface area contributed by atoms with Gasteiger partial charge < -0.3 is 15.0 Å². The molecule has 1 N–H and O–H groups in total. The number of hydrogen-bond donors (Lipinski definition) is 1. The standard InChI is InChI=1S/C20H23ClN2O3/c1-14(2)23(13-15-7-5-4-6-8-15)19(24)12-22-18-11-16(20(25)26-3)9-10-17(18)21/h4-11,14,22H,12-13H2,1-3H3.